The van der Waals surface area contributed by atoms with E-state index >= 15 is 0 Å². The van der Waals surface area contributed by atoms with Crippen LogP contribution in [0.2, 0.25) is 0 Å². The molecule has 1 fully saturated rings. The van der Waals surface area contributed by atoms with Crippen LogP contribution in [-0.4, -0.2) is 54.0 Å². The second-order valence-electron chi connectivity index (χ2n) is 7.87. The van der Waals surface area contributed by atoms with Crippen molar-refractivity contribution in [2.24, 2.45) is 5.92 Å². The molecule has 2 aromatic heterocycles. The lowest BCUT2D eigenvalue weighted by Gasteiger charge is -2.19. The van der Waals surface area contributed by atoms with E-state index in [-0.39, 0.29) is 17.3 Å². The molecule has 0 saturated heterocycles. The third-order valence-electron chi connectivity index (χ3n) is 5.64. The SMILES string of the molecule is Cc1cc(C(=O)c2cncnc2N[C@@H]2C[C@@H](C)[C@@H](O)[C@H]2O)nn1Cc1ccccc1. The molecule has 0 aliphatic heterocycles. The number of aliphatic hydroxyl groups is 2. The Labute approximate surface area is 174 Å². The van der Waals surface area contributed by atoms with Crippen LogP contribution in [0.1, 0.15) is 40.7 Å². The molecule has 3 N–H and O–H groups in total. The Hall–Kier alpha value is -3.10. The third-order valence-corrected chi connectivity index (χ3v) is 5.64. The van der Waals surface area contributed by atoms with Gasteiger partial charge in [-0.05, 0) is 30.9 Å². The lowest BCUT2D eigenvalue weighted by Crippen LogP contribution is -2.35. The number of nitrogens with one attached hydrogen (secondary N) is 1. The molecule has 30 heavy (non-hydrogen) atoms. The quantitative estimate of drug-likeness (QED) is 0.534. The minimum absolute atomic E-state index is 0.0465. The van der Waals surface area contributed by atoms with E-state index in [1.165, 1.54) is 12.5 Å². The molecule has 0 radical (unpaired) electrons. The Kier molecular flexibility index (Phi) is 5.61. The molecule has 1 saturated carbocycles. The van der Waals surface area contributed by atoms with Gasteiger partial charge < -0.3 is 15.5 Å². The fraction of sp³-hybridized carbons (Fsp3) is 0.364. The van der Waals surface area contributed by atoms with Crippen molar-refractivity contribution >= 4 is 11.6 Å². The standard InChI is InChI=1S/C22H25N5O3/c1-13-8-17(21(30)19(13)28)25-22-16(10-23-12-24-22)20(29)18-9-14(2)27(26-18)11-15-6-4-3-5-7-15/h3-7,9-10,12-13,17,19,21,28,30H,8,11H2,1-2H3,(H,23,24,25)/t13-,17-,19-,21+/m1/s1. The first-order valence-corrected chi connectivity index (χ1v) is 9.99. The van der Waals surface area contributed by atoms with Gasteiger partial charge in [0.2, 0.25) is 5.78 Å². The molecule has 4 rings (SSSR count). The lowest BCUT2D eigenvalue weighted by molar-refractivity contribution is 0.0210. The van der Waals surface area contributed by atoms with E-state index in [4.69, 9.17) is 0 Å². The molecular weight excluding hydrogens is 382 g/mol. The number of carbonyl (C=O) groups excluding carboxylic acids is 1. The molecule has 4 atom stereocenters. The smallest absolute Gasteiger partial charge is 0.218 e. The number of rotatable bonds is 6. The summed E-state index contributed by atoms with van der Waals surface area (Å²) in [6.07, 6.45) is 1.64. The van der Waals surface area contributed by atoms with Gasteiger partial charge in [-0.3, -0.25) is 9.48 Å². The number of ketones is 1. The highest BCUT2D eigenvalue weighted by molar-refractivity contribution is 6.10. The average molecular weight is 407 g/mol. The molecule has 8 nitrogen and oxygen atoms in total. The fourth-order valence-electron chi connectivity index (χ4n) is 3.86. The number of nitrogens with zero attached hydrogens (tertiary/aromatic N) is 4. The van der Waals surface area contributed by atoms with Crippen LogP contribution in [0.4, 0.5) is 5.82 Å². The van der Waals surface area contributed by atoms with Gasteiger partial charge in [-0.15, -0.1) is 0 Å². The lowest BCUT2D eigenvalue weighted by atomic mass is 10.1. The fourth-order valence-corrected chi connectivity index (χ4v) is 3.86. The summed E-state index contributed by atoms with van der Waals surface area (Å²) in [5.41, 5.74) is 2.55. The van der Waals surface area contributed by atoms with E-state index in [0.717, 1.165) is 11.3 Å². The number of aliphatic hydroxyl groups excluding tert-OH is 2. The van der Waals surface area contributed by atoms with Gasteiger partial charge in [-0.1, -0.05) is 37.3 Å². The number of hydrogen-bond donors (Lipinski definition) is 3. The summed E-state index contributed by atoms with van der Waals surface area (Å²) >= 11 is 0. The van der Waals surface area contributed by atoms with Crippen molar-refractivity contribution in [3.8, 4) is 0 Å². The van der Waals surface area contributed by atoms with Crippen LogP contribution >= 0.6 is 0 Å². The normalized spacial score (nSPS) is 23.5. The molecule has 0 unspecified atom stereocenters. The van der Waals surface area contributed by atoms with Gasteiger partial charge in [0.05, 0.1) is 24.3 Å². The molecule has 156 valence electrons. The first-order valence-electron chi connectivity index (χ1n) is 9.99. The topological polar surface area (TPSA) is 113 Å². The first kappa shape index (κ1) is 20.2. The number of carbonyl (C=O) groups is 1. The maximum absolute atomic E-state index is 13.2. The molecule has 1 aliphatic carbocycles. The van der Waals surface area contributed by atoms with Gasteiger partial charge in [0.25, 0.3) is 0 Å². The second-order valence-corrected chi connectivity index (χ2v) is 7.87. The van der Waals surface area contributed by atoms with Crippen LogP contribution in [0.3, 0.4) is 0 Å². The molecule has 1 aromatic carbocycles. The molecule has 0 amide bonds. The third kappa shape index (κ3) is 3.96. The molecule has 8 heteroatoms. The van der Waals surface area contributed by atoms with Crippen LogP contribution in [0.5, 0.6) is 0 Å². The van der Waals surface area contributed by atoms with Crippen LogP contribution < -0.4 is 5.32 Å². The second kappa shape index (κ2) is 8.33. The first-order chi connectivity index (χ1) is 14.4. The zero-order valence-corrected chi connectivity index (χ0v) is 16.9. The predicted molar refractivity (Wildman–Crippen MR) is 111 cm³/mol. The zero-order valence-electron chi connectivity index (χ0n) is 16.9. The summed E-state index contributed by atoms with van der Waals surface area (Å²) < 4.78 is 1.79. The van der Waals surface area contributed by atoms with Gasteiger partial charge in [0, 0.05) is 11.9 Å². The summed E-state index contributed by atoms with van der Waals surface area (Å²) in [7, 11) is 0. The van der Waals surface area contributed by atoms with Crippen LogP contribution in [0.15, 0.2) is 48.9 Å². The van der Waals surface area contributed by atoms with Crippen LogP contribution in [0, 0.1) is 12.8 Å². The molecule has 3 aromatic rings. The minimum Gasteiger partial charge on any atom is -0.390 e. The highest BCUT2D eigenvalue weighted by Gasteiger charge is 2.39. The Balaban J connectivity index is 1.57. The Morgan fingerprint density at radius 1 is 1.23 bits per heavy atom. The number of benzene rings is 1. The Morgan fingerprint density at radius 2 is 2.00 bits per heavy atom. The van der Waals surface area contributed by atoms with E-state index < -0.39 is 18.2 Å². The summed E-state index contributed by atoms with van der Waals surface area (Å²) in [4.78, 5) is 21.4. The highest BCUT2D eigenvalue weighted by atomic mass is 16.3. The van der Waals surface area contributed by atoms with Gasteiger partial charge in [-0.2, -0.15) is 5.10 Å². The van der Waals surface area contributed by atoms with Gasteiger partial charge in [-0.25, -0.2) is 9.97 Å². The van der Waals surface area contributed by atoms with Crippen molar-refractivity contribution in [3.63, 3.8) is 0 Å². The summed E-state index contributed by atoms with van der Waals surface area (Å²) in [6, 6.07) is 11.3. The zero-order chi connectivity index (χ0) is 21.3. The summed E-state index contributed by atoms with van der Waals surface area (Å²) in [5.74, 6) is -0.0143. The van der Waals surface area contributed by atoms with Crippen molar-refractivity contribution in [1.82, 2.24) is 19.7 Å². The van der Waals surface area contributed by atoms with E-state index in [9.17, 15) is 15.0 Å². The van der Waals surface area contributed by atoms with Gasteiger partial charge in [0.15, 0.2) is 0 Å². The van der Waals surface area contributed by atoms with Gasteiger partial charge in [0.1, 0.15) is 23.9 Å². The Bertz CT molecular complexity index is 1040. The molecule has 0 bridgehead atoms. The maximum atomic E-state index is 13.2. The number of hydrogen-bond acceptors (Lipinski definition) is 7. The van der Waals surface area contributed by atoms with E-state index in [1.807, 2.05) is 44.2 Å². The van der Waals surface area contributed by atoms with Crippen molar-refractivity contribution in [1.29, 1.82) is 0 Å². The average Bonchev–Trinajstić information content (AvgIpc) is 3.23. The van der Waals surface area contributed by atoms with Gasteiger partial charge >= 0.3 is 0 Å². The van der Waals surface area contributed by atoms with Crippen LogP contribution in [0.25, 0.3) is 0 Å². The van der Waals surface area contributed by atoms with E-state index in [1.54, 1.807) is 10.7 Å². The molecule has 0 spiro atoms. The van der Waals surface area contributed by atoms with Crippen molar-refractivity contribution < 1.29 is 15.0 Å². The predicted octanol–water partition coefficient (Wildman–Crippen LogP) is 1.80. The van der Waals surface area contributed by atoms with Crippen molar-refractivity contribution in [3.05, 3.63) is 71.4 Å². The number of aromatic nitrogens is 4. The minimum atomic E-state index is -0.926. The molecule has 1 aliphatic rings. The van der Waals surface area contributed by atoms with E-state index in [0.29, 0.717) is 24.5 Å². The molecule has 2 heterocycles. The number of aryl methyl sites for hydroxylation is 1. The number of anilines is 1. The van der Waals surface area contributed by atoms with E-state index in [2.05, 4.69) is 20.4 Å². The highest BCUT2D eigenvalue weighted by Crippen LogP contribution is 2.29. The van der Waals surface area contributed by atoms with Crippen molar-refractivity contribution in [2.45, 2.75) is 45.1 Å². The van der Waals surface area contributed by atoms with Crippen LogP contribution in [-0.2, 0) is 6.54 Å². The van der Waals surface area contributed by atoms with Crippen molar-refractivity contribution in [2.75, 3.05) is 5.32 Å². The largest absolute Gasteiger partial charge is 0.390 e. The Morgan fingerprint density at radius 3 is 2.70 bits per heavy atom. The molecular formula is C22H25N5O3. The summed E-state index contributed by atoms with van der Waals surface area (Å²) in [5, 5.41) is 27.9. The summed E-state index contributed by atoms with van der Waals surface area (Å²) in [6.45, 7) is 4.36. The monoisotopic (exact) mass is 407 g/mol. The maximum Gasteiger partial charge on any atom is 0.218 e.